The van der Waals surface area contributed by atoms with Gasteiger partial charge in [-0.3, -0.25) is 24.1 Å². The summed E-state index contributed by atoms with van der Waals surface area (Å²) in [5.74, 6) is -3.59. The Morgan fingerprint density at radius 3 is 2.30 bits per heavy atom. The molecule has 7 rings (SSSR count). The number of aromatic hydroxyl groups is 1. The molecule has 2 aliphatic carbocycles. The number of halogens is 1. The number of allylic oxidation sites excluding steroid dienone is 2. The lowest BCUT2D eigenvalue weighted by Crippen LogP contribution is -2.48. The van der Waals surface area contributed by atoms with Crippen molar-refractivity contribution in [3.63, 3.8) is 0 Å². The van der Waals surface area contributed by atoms with Gasteiger partial charge in [0, 0.05) is 5.92 Å². The topological polar surface area (TPSA) is 104 Å². The smallest absolute Gasteiger partial charge is 0.241 e. The summed E-state index contributed by atoms with van der Waals surface area (Å²) in [4.78, 5) is 59.2. The third-order valence-corrected chi connectivity index (χ3v) is 11.0. The van der Waals surface area contributed by atoms with Crippen LogP contribution in [0.4, 0.5) is 5.69 Å². The number of hydrogen-bond donors (Lipinski definition) is 1. The van der Waals surface area contributed by atoms with Gasteiger partial charge >= 0.3 is 0 Å². The minimum Gasteiger partial charge on any atom is -0.504 e. The first-order valence-electron chi connectivity index (χ1n) is 14.8. The second-order valence-electron chi connectivity index (χ2n) is 12.3. The van der Waals surface area contributed by atoms with Crippen LogP contribution in [0.2, 0.25) is 0 Å². The number of likely N-dealkylation sites (tertiary alicyclic amines) is 1. The zero-order chi connectivity index (χ0) is 30.9. The van der Waals surface area contributed by atoms with Crippen molar-refractivity contribution < 1.29 is 29.0 Å². The van der Waals surface area contributed by atoms with Crippen LogP contribution in [0.1, 0.15) is 36.8 Å². The van der Waals surface area contributed by atoms with Crippen molar-refractivity contribution in [1.29, 1.82) is 0 Å². The van der Waals surface area contributed by atoms with E-state index in [2.05, 4.69) is 0 Å². The van der Waals surface area contributed by atoms with Gasteiger partial charge in [-0.15, -0.1) is 0 Å². The van der Waals surface area contributed by atoms with Crippen LogP contribution in [0, 0.1) is 32.7 Å². The van der Waals surface area contributed by atoms with Crippen molar-refractivity contribution in [3.05, 3.63) is 99.1 Å². The predicted molar refractivity (Wildman–Crippen MR) is 170 cm³/mol. The largest absolute Gasteiger partial charge is 0.504 e. The third-order valence-electron chi connectivity index (χ3n) is 10.2. The Labute approximate surface area is 268 Å². The average Bonchev–Trinajstić information content (AvgIpc) is 3.38. The van der Waals surface area contributed by atoms with Crippen LogP contribution in [-0.4, -0.2) is 40.7 Å². The number of para-hydroxylation sites is 1. The SMILES string of the molecule is COc1cc(C2C3=CCC4C(=O)N(Cc5ccccc5)C(=O)C4C3CC3C(=O)N(c4ccccc4)C(=O)C32C)cc(I)c1O. The summed E-state index contributed by atoms with van der Waals surface area (Å²) in [5, 5.41) is 10.7. The Bertz CT molecular complexity index is 1740. The molecule has 2 saturated heterocycles. The van der Waals surface area contributed by atoms with E-state index in [1.807, 2.05) is 78.1 Å². The summed E-state index contributed by atoms with van der Waals surface area (Å²) in [7, 11) is 1.47. The van der Waals surface area contributed by atoms with Crippen molar-refractivity contribution in [1.82, 2.24) is 4.90 Å². The molecular formula is C35H31IN2O6. The lowest BCUT2D eigenvalue weighted by atomic mass is 9.51. The van der Waals surface area contributed by atoms with Crippen molar-refractivity contribution in [3.8, 4) is 11.5 Å². The number of carbonyl (C=O) groups excluding carboxylic acids is 4. The normalized spacial score (nSPS) is 29.3. The molecule has 9 heteroatoms. The highest BCUT2D eigenvalue weighted by molar-refractivity contribution is 14.1. The summed E-state index contributed by atoms with van der Waals surface area (Å²) in [6.45, 7) is 2.05. The molecule has 3 aromatic carbocycles. The monoisotopic (exact) mass is 702 g/mol. The van der Waals surface area contributed by atoms with Crippen molar-refractivity contribution >= 4 is 51.9 Å². The number of fused-ring (bicyclic) bond motifs is 4. The number of benzene rings is 3. The van der Waals surface area contributed by atoms with Gasteiger partial charge in [0.25, 0.3) is 0 Å². The molecule has 44 heavy (non-hydrogen) atoms. The predicted octanol–water partition coefficient (Wildman–Crippen LogP) is 5.44. The summed E-state index contributed by atoms with van der Waals surface area (Å²) in [6, 6.07) is 21.9. The Morgan fingerprint density at radius 2 is 1.61 bits per heavy atom. The Balaban J connectivity index is 1.36. The third kappa shape index (κ3) is 4.08. The number of phenols is 1. The number of carbonyl (C=O) groups is 4. The quantitative estimate of drug-likeness (QED) is 0.216. The first kappa shape index (κ1) is 28.8. The average molecular weight is 703 g/mol. The molecule has 3 fully saturated rings. The van der Waals surface area contributed by atoms with Gasteiger partial charge in [0.2, 0.25) is 23.6 Å². The Morgan fingerprint density at radius 1 is 0.932 bits per heavy atom. The number of imide groups is 2. The van der Waals surface area contributed by atoms with E-state index in [1.165, 1.54) is 16.9 Å². The van der Waals surface area contributed by atoms with Gasteiger partial charge in [-0.25, -0.2) is 4.90 Å². The summed E-state index contributed by atoms with van der Waals surface area (Å²) < 4.78 is 6.05. The maximum Gasteiger partial charge on any atom is 0.241 e. The highest BCUT2D eigenvalue weighted by Crippen LogP contribution is 2.64. The maximum absolute atomic E-state index is 14.5. The van der Waals surface area contributed by atoms with E-state index in [1.54, 1.807) is 30.3 Å². The highest BCUT2D eigenvalue weighted by atomic mass is 127. The number of hydrogen-bond acceptors (Lipinski definition) is 6. The lowest BCUT2D eigenvalue weighted by molar-refractivity contribution is -0.141. The Kier molecular flexibility index (Phi) is 6.91. The molecule has 4 aliphatic rings. The molecular weight excluding hydrogens is 671 g/mol. The molecule has 6 atom stereocenters. The van der Waals surface area contributed by atoms with Crippen LogP contribution in [0.15, 0.2) is 84.4 Å². The molecule has 3 aromatic rings. The van der Waals surface area contributed by atoms with Gasteiger partial charge in [-0.2, -0.15) is 0 Å². The van der Waals surface area contributed by atoms with Gasteiger partial charge in [0.05, 0.1) is 46.1 Å². The summed E-state index contributed by atoms with van der Waals surface area (Å²) >= 11 is 2.04. The van der Waals surface area contributed by atoms with Gasteiger partial charge < -0.3 is 9.84 Å². The molecule has 4 amide bonds. The summed E-state index contributed by atoms with van der Waals surface area (Å²) in [5.41, 5.74) is 1.83. The highest BCUT2D eigenvalue weighted by Gasteiger charge is 2.67. The second-order valence-corrected chi connectivity index (χ2v) is 13.5. The van der Waals surface area contributed by atoms with Gasteiger partial charge in [-0.1, -0.05) is 60.2 Å². The van der Waals surface area contributed by atoms with Gasteiger partial charge in [-0.05, 0) is 83.7 Å². The van der Waals surface area contributed by atoms with Crippen LogP contribution >= 0.6 is 22.6 Å². The standard InChI is InChI=1S/C35H31IN2O6/c1-35-25(32(41)38(34(35)43)21-11-7-4-8-12-21)17-24-22(29(35)20-15-26(36)30(39)27(16-20)44-2)13-14-23-28(24)33(42)37(31(23)40)18-19-9-5-3-6-10-19/h3-13,15-16,23-25,28-29,39H,14,17-18H2,1-2H3. The molecule has 0 radical (unpaired) electrons. The molecule has 0 aromatic heterocycles. The maximum atomic E-state index is 14.5. The van der Waals surface area contributed by atoms with Crippen molar-refractivity contribution in [2.45, 2.75) is 32.2 Å². The molecule has 2 aliphatic heterocycles. The second kappa shape index (κ2) is 10.6. The fourth-order valence-corrected chi connectivity index (χ4v) is 8.75. The van der Waals surface area contributed by atoms with E-state index in [0.29, 0.717) is 22.1 Å². The van der Waals surface area contributed by atoms with Crippen LogP contribution < -0.4 is 9.64 Å². The number of nitrogens with zero attached hydrogens (tertiary/aromatic N) is 2. The zero-order valence-corrected chi connectivity index (χ0v) is 26.4. The number of phenolic OH excluding ortho intramolecular Hbond substituents is 1. The molecule has 1 saturated carbocycles. The number of methoxy groups -OCH3 is 1. The minimum absolute atomic E-state index is 0.00328. The van der Waals surface area contributed by atoms with Crippen LogP contribution in [0.3, 0.4) is 0 Å². The molecule has 224 valence electrons. The van der Waals surface area contributed by atoms with Crippen LogP contribution in [-0.2, 0) is 25.7 Å². The van der Waals surface area contributed by atoms with Crippen molar-refractivity contribution in [2.75, 3.05) is 12.0 Å². The molecule has 8 nitrogen and oxygen atoms in total. The molecule has 0 spiro atoms. The zero-order valence-electron chi connectivity index (χ0n) is 24.3. The lowest BCUT2D eigenvalue weighted by Gasteiger charge is -2.49. The number of amides is 4. The first-order valence-corrected chi connectivity index (χ1v) is 15.8. The van der Waals surface area contributed by atoms with Crippen LogP contribution in [0.25, 0.3) is 0 Å². The summed E-state index contributed by atoms with van der Waals surface area (Å²) in [6.07, 6.45) is 2.70. The molecule has 0 bridgehead atoms. The van der Waals surface area contributed by atoms with Crippen molar-refractivity contribution in [2.24, 2.45) is 29.1 Å². The Hall–Kier alpha value is -3.99. The van der Waals surface area contributed by atoms with Gasteiger partial charge in [0.15, 0.2) is 11.5 Å². The van der Waals surface area contributed by atoms with E-state index in [-0.39, 0.29) is 41.7 Å². The molecule has 2 heterocycles. The number of rotatable bonds is 5. The fraction of sp³-hybridized carbons (Fsp3) is 0.314. The molecule has 1 N–H and O–H groups in total. The van der Waals surface area contributed by atoms with E-state index in [4.69, 9.17) is 4.74 Å². The van der Waals surface area contributed by atoms with Crippen LogP contribution in [0.5, 0.6) is 11.5 Å². The van der Waals surface area contributed by atoms with E-state index in [0.717, 1.165) is 16.7 Å². The van der Waals surface area contributed by atoms with E-state index >= 15 is 0 Å². The van der Waals surface area contributed by atoms with E-state index < -0.39 is 35.0 Å². The first-order chi connectivity index (χ1) is 21.2. The van der Waals surface area contributed by atoms with Gasteiger partial charge in [0.1, 0.15) is 0 Å². The minimum atomic E-state index is -1.16. The van der Waals surface area contributed by atoms with E-state index in [9.17, 15) is 24.3 Å². The fourth-order valence-electron chi connectivity index (χ4n) is 8.12. The molecule has 6 unspecified atom stereocenters. The number of anilines is 1. The number of ether oxygens (including phenoxy) is 1.